The molecule has 0 spiro atoms. The van der Waals surface area contributed by atoms with Crippen molar-refractivity contribution in [3.8, 4) is 0 Å². The van der Waals surface area contributed by atoms with Crippen LogP contribution in [0.1, 0.15) is 13.3 Å². The molecule has 2 bridgehead atoms. The van der Waals surface area contributed by atoms with E-state index in [0.717, 1.165) is 6.42 Å². The van der Waals surface area contributed by atoms with E-state index in [4.69, 9.17) is 0 Å². The predicted octanol–water partition coefficient (Wildman–Crippen LogP) is 2.92. The summed E-state index contributed by atoms with van der Waals surface area (Å²) in [6, 6.07) is 0. The van der Waals surface area contributed by atoms with Gasteiger partial charge in [-0.05, 0) is 22.7 Å². The first-order chi connectivity index (χ1) is 6.70. The van der Waals surface area contributed by atoms with Crippen molar-refractivity contribution in [2.24, 2.45) is 29.6 Å². The average Bonchev–Trinajstić information content (AvgIpc) is 2.61. The molecule has 0 N–H and O–H groups in total. The van der Waals surface area contributed by atoms with Gasteiger partial charge in [-0.15, -0.1) is 0 Å². The van der Waals surface area contributed by atoms with Crippen LogP contribution in [0.4, 0.5) is 0 Å². The Morgan fingerprint density at radius 1 is 1.50 bits per heavy atom. The molecule has 0 radical (unpaired) electrons. The van der Waals surface area contributed by atoms with Gasteiger partial charge in [0.1, 0.15) is 5.78 Å². The fraction of sp³-hybridized carbons (Fsp3) is 0.583. The van der Waals surface area contributed by atoms with Crippen molar-refractivity contribution < 1.29 is 4.79 Å². The fourth-order valence-corrected chi connectivity index (χ4v) is 4.45. The highest BCUT2D eigenvalue weighted by atomic mass is 79.9. The summed E-state index contributed by atoms with van der Waals surface area (Å²) in [7, 11) is 0. The lowest BCUT2D eigenvalue weighted by molar-refractivity contribution is -0.132. The van der Waals surface area contributed by atoms with Crippen molar-refractivity contribution in [2.75, 3.05) is 0 Å². The maximum atomic E-state index is 12.0. The van der Waals surface area contributed by atoms with Crippen molar-refractivity contribution in [3.05, 3.63) is 22.7 Å². The SMILES string of the molecule is CC1C(=O)[C@H]2C=C(Br)[C@@H]1[C@@H]1CC=C[C@@H]12. The van der Waals surface area contributed by atoms with Crippen LogP contribution in [0.3, 0.4) is 0 Å². The molecule has 0 aliphatic heterocycles. The van der Waals surface area contributed by atoms with Gasteiger partial charge < -0.3 is 0 Å². The Bertz CT molecular complexity index is 355. The lowest BCUT2D eigenvalue weighted by atomic mass is 9.59. The lowest BCUT2D eigenvalue weighted by Gasteiger charge is -2.46. The number of ketones is 1. The lowest BCUT2D eigenvalue weighted by Crippen LogP contribution is -2.47. The van der Waals surface area contributed by atoms with E-state index in [2.05, 4.69) is 41.1 Å². The largest absolute Gasteiger partial charge is 0.299 e. The predicted molar refractivity (Wildman–Crippen MR) is 58.9 cm³/mol. The van der Waals surface area contributed by atoms with Gasteiger partial charge in [0.05, 0.1) is 0 Å². The molecule has 74 valence electrons. The third-order valence-corrected chi connectivity index (χ3v) is 4.90. The van der Waals surface area contributed by atoms with Gasteiger partial charge in [-0.1, -0.05) is 41.1 Å². The standard InChI is InChI=1S/C12H13BrO/c1-6-11-8-4-2-3-7(8)9(12(6)14)5-10(11)13/h2-3,5-9,11H,4H2,1H3/t6?,7-,8+,9-,11-/m0/s1. The minimum atomic E-state index is 0.160. The number of carbonyl (C=O) groups excluding carboxylic acids is 1. The molecule has 4 rings (SSSR count). The first-order valence-corrected chi connectivity index (χ1v) is 6.07. The van der Waals surface area contributed by atoms with E-state index < -0.39 is 0 Å². The van der Waals surface area contributed by atoms with Crippen LogP contribution in [0, 0.1) is 29.6 Å². The minimum absolute atomic E-state index is 0.160. The molecule has 0 amide bonds. The number of fused-ring (bicyclic) bond motifs is 1. The normalized spacial score (nSPS) is 49.4. The van der Waals surface area contributed by atoms with Gasteiger partial charge in [-0.3, -0.25) is 4.79 Å². The molecule has 0 saturated heterocycles. The molecular formula is C12H13BrO. The van der Waals surface area contributed by atoms with Crippen molar-refractivity contribution in [1.29, 1.82) is 0 Å². The first kappa shape index (κ1) is 8.90. The molecule has 5 atom stereocenters. The second-order valence-electron chi connectivity index (χ2n) is 4.70. The number of halogens is 1. The van der Waals surface area contributed by atoms with Crippen LogP contribution >= 0.6 is 15.9 Å². The Labute approximate surface area is 92.4 Å². The van der Waals surface area contributed by atoms with Gasteiger partial charge in [-0.2, -0.15) is 0 Å². The summed E-state index contributed by atoms with van der Waals surface area (Å²) in [5, 5.41) is 0. The van der Waals surface area contributed by atoms with Crippen molar-refractivity contribution in [1.82, 2.24) is 0 Å². The van der Waals surface area contributed by atoms with Gasteiger partial charge in [0.25, 0.3) is 0 Å². The molecule has 1 unspecified atom stereocenters. The van der Waals surface area contributed by atoms with Gasteiger partial charge in [-0.25, -0.2) is 0 Å². The van der Waals surface area contributed by atoms with E-state index in [0.29, 0.717) is 23.5 Å². The molecule has 4 aliphatic rings. The zero-order valence-electron chi connectivity index (χ0n) is 8.11. The van der Waals surface area contributed by atoms with Crippen LogP contribution in [0.25, 0.3) is 0 Å². The zero-order valence-corrected chi connectivity index (χ0v) is 9.70. The van der Waals surface area contributed by atoms with E-state index in [1.54, 1.807) is 0 Å². The van der Waals surface area contributed by atoms with Crippen LogP contribution in [0.5, 0.6) is 0 Å². The minimum Gasteiger partial charge on any atom is -0.299 e. The van der Waals surface area contributed by atoms with E-state index in [1.165, 1.54) is 4.48 Å². The quantitative estimate of drug-likeness (QED) is 0.606. The van der Waals surface area contributed by atoms with Gasteiger partial charge >= 0.3 is 0 Å². The molecule has 14 heavy (non-hydrogen) atoms. The summed E-state index contributed by atoms with van der Waals surface area (Å²) >= 11 is 3.63. The summed E-state index contributed by atoms with van der Waals surface area (Å²) in [6.45, 7) is 2.09. The Morgan fingerprint density at radius 3 is 3.07 bits per heavy atom. The summed E-state index contributed by atoms with van der Waals surface area (Å²) in [6.07, 6.45) is 7.80. The number of carbonyl (C=O) groups is 1. The maximum Gasteiger partial charge on any atom is 0.143 e. The van der Waals surface area contributed by atoms with Crippen LogP contribution < -0.4 is 0 Å². The van der Waals surface area contributed by atoms with Crippen LogP contribution in [0.2, 0.25) is 0 Å². The van der Waals surface area contributed by atoms with Crippen LogP contribution in [-0.4, -0.2) is 5.78 Å². The topological polar surface area (TPSA) is 17.1 Å². The smallest absolute Gasteiger partial charge is 0.143 e. The highest BCUT2D eigenvalue weighted by Crippen LogP contribution is 2.54. The molecular weight excluding hydrogens is 240 g/mol. The maximum absolute atomic E-state index is 12.0. The van der Waals surface area contributed by atoms with Crippen LogP contribution in [0.15, 0.2) is 22.7 Å². The van der Waals surface area contributed by atoms with E-state index >= 15 is 0 Å². The van der Waals surface area contributed by atoms with Gasteiger partial charge in [0, 0.05) is 17.8 Å². The van der Waals surface area contributed by atoms with E-state index in [9.17, 15) is 4.79 Å². The monoisotopic (exact) mass is 252 g/mol. The molecule has 4 aliphatic carbocycles. The van der Waals surface area contributed by atoms with Gasteiger partial charge in [0.2, 0.25) is 0 Å². The Kier molecular flexibility index (Phi) is 1.79. The third-order valence-electron chi connectivity index (χ3n) is 4.11. The first-order valence-electron chi connectivity index (χ1n) is 5.27. The third kappa shape index (κ3) is 0.928. The Hall–Kier alpha value is -0.370. The molecule has 2 heteroatoms. The van der Waals surface area contributed by atoms with Crippen molar-refractivity contribution in [3.63, 3.8) is 0 Å². The summed E-state index contributed by atoms with van der Waals surface area (Å²) < 4.78 is 1.28. The number of hydrogen-bond acceptors (Lipinski definition) is 1. The highest BCUT2D eigenvalue weighted by molar-refractivity contribution is 9.11. The van der Waals surface area contributed by atoms with Crippen molar-refractivity contribution >= 4 is 21.7 Å². The van der Waals surface area contributed by atoms with Crippen molar-refractivity contribution in [2.45, 2.75) is 13.3 Å². The number of hydrogen-bond donors (Lipinski definition) is 0. The molecule has 0 aromatic heterocycles. The molecule has 1 fully saturated rings. The molecule has 1 nitrogen and oxygen atoms in total. The van der Waals surface area contributed by atoms with Gasteiger partial charge in [0.15, 0.2) is 0 Å². The second kappa shape index (κ2) is 2.82. The fourth-order valence-electron chi connectivity index (χ4n) is 3.42. The molecule has 1 saturated carbocycles. The Balaban J connectivity index is 2.10. The van der Waals surface area contributed by atoms with E-state index in [1.807, 2.05) is 0 Å². The highest BCUT2D eigenvalue weighted by Gasteiger charge is 2.51. The molecule has 0 aromatic carbocycles. The molecule has 0 aromatic rings. The average molecular weight is 253 g/mol. The number of allylic oxidation sites excluding steroid dienone is 4. The van der Waals surface area contributed by atoms with Crippen LogP contribution in [-0.2, 0) is 4.79 Å². The number of Topliss-reactive ketones (excluding diaryl/α,β-unsaturated/α-hetero) is 1. The summed E-state index contributed by atoms with van der Waals surface area (Å²) in [4.78, 5) is 12.0. The molecule has 0 heterocycles. The number of rotatable bonds is 0. The van der Waals surface area contributed by atoms with E-state index in [-0.39, 0.29) is 11.8 Å². The second-order valence-corrected chi connectivity index (χ2v) is 5.61. The zero-order chi connectivity index (χ0) is 9.87. The summed E-state index contributed by atoms with van der Waals surface area (Å²) in [5.74, 6) is 2.48. The Morgan fingerprint density at radius 2 is 2.29 bits per heavy atom. The summed E-state index contributed by atoms with van der Waals surface area (Å²) in [5.41, 5.74) is 0.